The minimum atomic E-state index is -0.206. The van der Waals surface area contributed by atoms with Crippen LogP contribution in [0.4, 0.5) is 0 Å². The summed E-state index contributed by atoms with van der Waals surface area (Å²) in [7, 11) is 0. The Labute approximate surface area is 83.8 Å². The van der Waals surface area contributed by atoms with Crippen LogP contribution in [0.2, 0.25) is 0 Å². The molecule has 0 saturated carbocycles. The number of aliphatic hydroxyl groups is 1. The van der Waals surface area contributed by atoms with Gasteiger partial charge >= 0.3 is 0 Å². The van der Waals surface area contributed by atoms with E-state index in [1.807, 2.05) is 25.1 Å². The van der Waals surface area contributed by atoms with Crippen LogP contribution in [-0.2, 0) is 0 Å². The summed E-state index contributed by atoms with van der Waals surface area (Å²) in [5, 5.41) is 11.5. The summed E-state index contributed by atoms with van der Waals surface area (Å²) < 4.78 is 0. The number of hydrogen-bond donors (Lipinski definition) is 2. The third kappa shape index (κ3) is 2.57. The Hall–Kier alpha value is -1.35. The molecule has 3 heteroatoms. The zero-order valence-corrected chi connectivity index (χ0v) is 8.45. The van der Waals surface area contributed by atoms with Crippen LogP contribution >= 0.6 is 0 Å². The van der Waals surface area contributed by atoms with Gasteiger partial charge in [-0.3, -0.25) is 4.79 Å². The molecule has 14 heavy (non-hydrogen) atoms. The largest absolute Gasteiger partial charge is 0.394 e. The van der Waals surface area contributed by atoms with Crippen LogP contribution in [0.1, 0.15) is 22.8 Å². The van der Waals surface area contributed by atoms with E-state index in [0.29, 0.717) is 5.56 Å². The molecule has 0 aliphatic heterocycles. The second-order valence-electron chi connectivity index (χ2n) is 3.37. The molecule has 1 aromatic carbocycles. The van der Waals surface area contributed by atoms with Crippen molar-refractivity contribution in [3.05, 3.63) is 35.4 Å². The van der Waals surface area contributed by atoms with Crippen LogP contribution in [-0.4, -0.2) is 23.7 Å². The van der Waals surface area contributed by atoms with Crippen LogP contribution in [0.15, 0.2) is 24.3 Å². The Morgan fingerprint density at radius 3 is 2.71 bits per heavy atom. The van der Waals surface area contributed by atoms with E-state index in [-0.39, 0.29) is 18.6 Å². The zero-order chi connectivity index (χ0) is 10.6. The number of nitrogens with one attached hydrogen (secondary N) is 1. The number of rotatable bonds is 3. The molecule has 3 nitrogen and oxygen atoms in total. The van der Waals surface area contributed by atoms with E-state index in [4.69, 9.17) is 5.11 Å². The van der Waals surface area contributed by atoms with Gasteiger partial charge in [0.15, 0.2) is 0 Å². The molecule has 76 valence electrons. The van der Waals surface area contributed by atoms with Gasteiger partial charge in [0.05, 0.1) is 6.61 Å². The third-order valence-corrected chi connectivity index (χ3v) is 2.04. The molecule has 0 aliphatic carbocycles. The van der Waals surface area contributed by atoms with Crippen LogP contribution in [0.3, 0.4) is 0 Å². The first-order valence-corrected chi connectivity index (χ1v) is 4.62. The highest BCUT2D eigenvalue weighted by Gasteiger charge is 2.10. The monoisotopic (exact) mass is 193 g/mol. The molecule has 1 atom stereocenters. The Balaban J connectivity index is 2.75. The van der Waals surface area contributed by atoms with Gasteiger partial charge in [-0.25, -0.2) is 0 Å². The summed E-state index contributed by atoms with van der Waals surface area (Å²) >= 11 is 0. The van der Waals surface area contributed by atoms with Crippen LogP contribution in [0, 0.1) is 6.92 Å². The van der Waals surface area contributed by atoms with Crippen molar-refractivity contribution in [2.45, 2.75) is 19.9 Å². The molecule has 0 bridgehead atoms. The van der Waals surface area contributed by atoms with Gasteiger partial charge in [0, 0.05) is 11.6 Å². The van der Waals surface area contributed by atoms with E-state index in [1.54, 1.807) is 13.0 Å². The quantitative estimate of drug-likeness (QED) is 0.755. The van der Waals surface area contributed by atoms with Crippen molar-refractivity contribution >= 4 is 5.91 Å². The molecule has 0 spiro atoms. The van der Waals surface area contributed by atoms with Gasteiger partial charge in [-0.1, -0.05) is 18.2 Å². The first-order chi connectivity index (χ1) is 6.65. The first-order valence-electron chi connectivity index (χ1n) is 4.62. The van der Waals surface area contributed by atoms with Gasteiger partial charge in [0.2, 0.25) is 0 Å². The number of hydrogen-bond acceptors (Lipinski definition) is 2. The van der Waals surface area contributed by atoms with Crippen LogP contribution in [0.25, 0.3) is 0 Å². The zero-order valence-electron chi connectivity index (χ0n) is 8.45. The maximum absolute atomic E-state index is 11.6. The number of carbonyl (C=O) groups is 1. The van der Waals surface area contributed by atoms with Crippen molar-refractivity contribution < 1.29 is 9.90 Å². The Kier molecular flexibility index (Phi) is 3.65. The van der Waals surface area contributed by atoms with E-state index in [2.05, 4.69) is 5.32 Å². The molecule has 0 aromatic heterocycles. The highest BCUT2D eigenvalue weighted by atomic mass is 16.3. The SMILES string of the molecule is Cc1ccccc1C(=O)NC(C)CO. The highest BCUT2D eigenvalue weighted by molar-refractivity contribution is 5.95. The summed E-state index contributed by atoms with van der Waals surface area (Å²) in [5.41, 5.74) is 1.60. The normalized spacial score (nSPS) is 12.2. The van der Waals surface area contributed by atoms with E-state index in [9.17, 15) is 4.79 Å². The molecule has 0 saturated heterocycles. The number of amides is 1. The number of benzene rings is 1. The van der Waals surface area contributed by atoms with Crippen molar-refractivity contribution in [1.29, 1.82) is 0 Å². The summed E-state index contributed by atoms with van der Waals surface area (Å²) in [6.45, 7) is 3.60. The molecule has 2 N–H and O–H groups in total. The summed E-state index contributed by atoms with van der Waals surface area (Å²) in [6, 6.07) is 7.17. The van der Waals surface area contributed by atoms with Gasteiger partial charge in [0.1, 0.15) is 0 Å². The number of aryl methyl sites for hydroxylation is 1. The number of aliphatic hydroxyl groups excluding tert-OH is 1. The molecule has 1 aromatic rings. The second kappa shape index (κ2) is 4.77. The summed E-state index contributed by atoms with van der Waals surface area (Å²) in [5.74, 6) is -0.135. The smallest absolute Gasteiger partial charge is 0.251 e. The fraction of sp³-hybridized carbons (Fsp3) is 0.364. The lowest BCUT2D eigenvalue weighted by molar-refractivity contribution is 0.0921. The predicted molar refractivity (Wildman–Crippen MR) is 55.2 cm³/mol. The van der Waals surface area contributed by atoms with Crippen molar-refractivity contribution in [3.8, 4) is 0 Å². The molecule has 0 fully saturated rings. The molecule has 1 amide bonds. The average molecular weight is 193 g/mol. The van der Waals surface area contributed by atoms with Crippen molar-refractivity contribution in [3.63, 3.8) is 0 Å². The van der Waals surface area contributed by atoms with Crippen molar-refractivity contribution in [2.24, 2.45) is 0 Å². The predicted octanol–water partition coefficient (Wildman–Crippen LogP) is 1.11. The van der Waals surface area contributed by atoms with E-state index in [1.165, 1.54) is 0 Å². The minimum Gasteiger partial charge on any atom is -0.394 e. The van der Waals surface area contributed by atoms with E-state index in [0.717, 1.165) is 5.56 Å². The topological polar surface area (TPSA) is 49.3 Å². The van der Waals surface area contributed by atoms with Gasteiger partial charge in [-0.2, -0.15) is 0 Å². The average Bonchev–Trinajstić information content (AvgIpc) is 2.18. The standard InChI is InChI=1S/C11H15NO2/c1-8-5-3-4-6-10(8)11(14)12-9(2)7-13/h3-6,9,13H,7H2,1-2H3,(H,12,14). The molecule has 0 aliphatic rings. The summed E-state index contributed by atoms with van der Waals surface area (Å²) in [4.78, 5) is 11.6. The van der Waals surface area contributed by atoms with E-state index >= 15 is 0 Å². The molecular formula is C11H15NO2. The lowest BCUT2D eigenvalue weighted by Crippen LogP contribution is -2.35. The van der Waals surface area contributed by atoms with Gasteiger partial charge in [-0.15, -0.1) is 0 Å². The highest BCUT2D eigenvalue weighted by Crippen LogP contribution is 2.06. The fourth-order valence-electron chi connectivity index (χ4n) is 1.17. The van der Waals surface area contributed by atoms with Gasteiger partial charge in [-0.05, 0) is 25.5 Å². The van der Waals surface area contributed by atoms with Gasteiger partial charge in [0.25, 0.3) is 5.91 Å². The Bertz CT molecular complexity index is 323. The summed E-state index contributed by atoms with van der Waals surface area (Å²) in [6.07, 6.45) is 0. The van der Waals surface area contributed by atoms with Crippen LogP contribution < -0.4 is 5.32 Å². The van der Waals surface area contributed by atoms with Crippen molar-refractivity contribution in [2.75, 3.05) is 6.61 Å². The first kappa shape index (κ1) is 10.7. The third-order valence-electron chi connectivity index (χ3n) is 2.04. The Morgan fingerprint density at radius 2 is 2.14 bits per heavy atom. The molecule has 0 radical (unpaired) electrons. The molecular weight excluding hydrogens is 178 g/mol. The van der Waals surface area contributed by atoms with E-state index < -0.39 is 0 Å². The van der Waals surface area contributed by atoms with Gasteiger partial charge < -0.3 is 10.4 Å². The maximum atomic E-state index is 11.6. The molecule has 1 rings (SSSR count). The second-order valence-corrected chi connectivity index (χ2v) is 3.37. The fourth-order valence-corrected chi connectivity index (χ4v) is 1.17. The number of carbonyl (C=O) groups excluding carboxylic acids is 1. The Morgan fingerprint density at radius 1 is 1.50 bits per heavy atom. The molecule has 1 unspecified atom stereocenters. The van der Waals surface area contributed by atoms with Crippen LogP contribution in [0.5, 0.6) is 0 Å². The lowest BCUT2D eigenvalue weighted by Gasteiger charge is -2.11. The lowest BCUT2D eigenvalue weighted by atomic mass is 10.1. The minimum absolute atomic E-state index is 0.0440. The maximum Gasteiger partial charge on any atom is 0.251 e. The molecule has 0 heterocycles. The van der Waals surface area contributed by atoms with Crippen molar-refractivity contribution in [1.82, 2.24) is 5.32 Å².